The molecular formula is C13H20N2O. The zero-order valence-corrected chi connectivity index (χ0v) is 10.1. The lowest BCUT2D eigenvalue weighted by atomic mass is 10.0. The number of fused-ring (bicyclic) bond motifs is 1. The SMILES string of the molecule is CN(C)CCOc1ccc2c(c1)CNCC2. The Morgan fingerprint density at radius 2 is 2.19 bits per heavy atom. The zero-order valence-electron chi connectivity index (χ0n) is 10.1. The molecule has 0 fully saturated rings. The van der Waals surface area contributed by atoms with Gasteiger partial charge in [0, 0.05) is 13.1 Å². The minimum atomic E-state index is 0.749. The van der Waals surface area contributed by atoms with Crippen molar-refractivity contribution in [2.75, 3.05) is 33.8 Å². The maximum absolute atomic E-state index is 5.71. The molecule has 2 rings (SSSR count). The second-order valence-electron chi connectivity index (χ2n) is 4.51. The largest absolute Gasteiger partial charge is 0.492 e. The highest BCUT2D eigenvalue weighted by Gasteiger charge is 2.08. The van der Waals surface area contributed by atoms with Crippen molar-refractivity contribution >= 4 is 0 Å². The van der Waals surface area contributed by atoms with Gasteiger partial charge < -0.3 is 15.0 Å². The van der Waals surface area contributed by atoms with E-state index in [-0.39, 0.29) is 0 Å². The number of hydrogen-bond acceptors (Lipinski definition) is 3. The minimum absolute atomic E-state index is 0.749. The average Bonchev–Trinajstić information content (AvgIpc) is 2.28. The fourth-order valence-electron chi connectivity index (χ4n) is 1.89. The second kappa shape index (κ2) is 5.32. The van der Waals surface area contributed by atoms with Gasteiger partial charge in [0.05, 0.1) is 0 Å². The quantitative estimate of drug-likeness (QED) is 0.827. The van der Waals surface area contributed by atoms with Crippen LogP contribution in [0.4, 0.5) is 0 Å². The van der Waals surface area contributed by atoms with Crippen LogP contribution in [-0.4, -0.2) is 38.7 Å². The number of benzene rings is 1. The first kappa shape index (κ1) is 11.4. The normalized spacial score (nSPS) is 14.9. The Bertz CT molecular complexity index is 350. The lowest BCUT2D eigenvalue weighted by molar-refractivity contribution is 0.261. The third-order valence-electron chi connectivity index (χ3n) is 2.87. The molecule has 0 aromatic heterocycles. The minimum Gasteiger partial charge on any atom is -0.492 e. The first-order chi connectivity index (χ1) is 7.75. The smallest absolute Gasteiger partial charge is 0.119 e. The number of rotatable bonds is 4. The Hall–Kier alpha value is -1.06. The lowest BCUT2D eigenvalue weighted by Gasteiger charge is -2.18. The van der Waals surface area contributed by atoms with Crippen molar-refractivity contribution in [1.82, 2.24) is 10.2 Å². The molecule has 0 unspecified atom stereocenters. The Morgan fingerprint density at radius 1 is 1.31 bits per heavy atom. The van der Waals surface area contributed by atoms with Crippen LogP contribution in [0, 0.1) is 0 Å². The van der Waals surface area contributed by atoms with Crippen molar-refractivity contribution < 1.29 is 4.74 Å². The van der Waals surface area contributed by atoms with Gasteiger partial charge in [-0.15, -0.1) is 0 Å². The molecule has 0 bridgehead atoms. The van der Waals surface area contributed by atoms with Crippen LogP contribution in [0.3, 0.4) is 0 Å². The first-order valence-electron chi connectivity index (χ1n) is 5.86. The fourth-order valence-corrected chi connectivity index (χ4v) is 1.89. The summed E-state index contributed by atoms with van der Waals surface area (Å²) in [7, 11) is 4.11. The summed E-state index contributed by atoms with van der Waals surface area (Å²) in [5.41, 5.74) is 2.84. The third-order valence-corrected chi connectivity index (χ3v) is 2.87. The highest BCUT2D eigenvalue weighted by atomic mass is 16.5. The summed E-state index contributed by atoms with van der Waals surface area (Å²) in [6.07, 6.45) is 1.13. The van der Waals surface area contributed by atoms with Crippen molar-refractivity contribution in [2.24, 2.45) is 0 Å². The Kier molecular flexibility index (Phi) is 3.80. The first-order valence-corrected chi connectivity index (χ1v) is 5.86. The van der Waals surface area contributed by atoms with E-state index in [4.69, 9.17) is 4.74 Å². The number of ether oxygens (including phenoxy) is 1. The summed E-state index contributed by atoms with van der Waals surface area (Å²) in [5.74, 6) is 0.990. The fraction of sp³-hybridized carbons (Fsp3) is 0.538. The van der Waals surface area contributed by atoms with Crippen LogP contribution in [-0.2, 0) is 13.0 Å². The molecule has 0 atom stereocenters. The maximum Gasteiger partial charge on any atom is 0.119 e. The molecule has 0 saturated heterocycles. The number of likely N-dealkylation sites (N-methyl/N-ethyl adjacent to an activating group) is 1. The van der Waals surface area contributed by atoms with Gasteiger partial charge in [0.1, 0.15) is 12.4 Å². The average molecular weight is 220 g/mol. The molecule has 0 amide bonds. The molecule has 1 aromatic rings. The van der Waals surface area contributed by atoms with E-state index >= 15 is 0 Å². The van der Waals surface area contributed by atoms with Gasteiger partial charge in [-0.05, 0) is 50.3 Å². The van der Waals surface area contributed by atoms with E-state index in [1.807, 2.05) is 0 Å². The summed E-state index contributed by atoms with van der Waals surface area (Å²) >= 11 is 0. The van der Waals surface area contributed by atoms with Gasteiger partial charge in [0.25, 0.3) is 0 Å². The number of hydrogen-bond donors (Lipinski definition) is 1. The van der Waals surface area contributed by atoms with Crippen LogP contribution < -0.4 is 10.1 Å². The van der Waals surface area contributed by atoms with Gasteiger partial charge in [-0.2, -0.15) is 0 Å². The van der Waals surface area contributed by atoms with E-state index in [2.05, 4.69) is 42.5 Å². The van der Waals surface area contributed by atoms with E-state index in [9.17, 15) is 0 Å². The predicted octanol–water partition coefficient (Wildman–Crippen LogP) is 1.27. The van der Waals surface area contributed by atoms with Gasteiger partial charge in [-0.3, -0.25) is 0 Å². The Balaban J connectivity index is 1.95. The summed E-state index contributed by atoms with van der Waals surface area (Å²) in [4.78, 5) is 2.12. The van der Waals surface area contributed by atoms with Crippen LogP contribution in [0.2, 0.25) is 0 Å². The van der Waals surface area contributed by atoms with Crippen LogP contribution in [0.1, 0.15) is 11.1 Å². The molecule has 88 valence electrons. The maximum atomic E-state index is 5.71. The third kappa shape index (κ3) is 2.97. The van der Waals surface area contributed by atoms with Crippen LogP contribution in [0.15, 0.2) is 18.2 Å². The van der Waals surface area contributed by atoms with Gasteiger partial charge >= 0.3 is 0 Å². The molecule has 1 aliphatic rings. The molecule has 3 heteroatoms. The topological polar surface area (TPSA) is 24.5 Å². The van der Waals surface area contributed by atoms with Gasteiger partial charge in [-0.25, -0.2) is 0 Å². The van der Waals surface area contributed by atoms with Crippen molar-refractivity contribution in [3.63, 3.8) is 0 Å². The summed E-state index contributed by atoms with van der Waals surface area (Å²) in [5, 5.41) is 3.38. The molecule has 1 aromatic carbocycles. The van der Waals surface area contributed by atoms with Crippen LogP contribution in [0.5, 0.6) is 5.75 Å². The second-order valence-corrected chi connectivity index (χ2v) is 4.51. The van der Waals surface area contributed by atoms with Crippen LogP contribution in [0.25, 0.3) is 0 Å². The molecule has 16 heavy (non-hydrogen) atoms. The lowest BCUT2D eigenvalue weighted by Crippen LogP contribution is -2.23. The molecule has 0 spiro atoms. The molecule has 1 aliphatic heterocycles. The summed E-state index contributed by atoms with van der Waals surface area (Å²) in [6, 6.07) is 6.44. The van der Waals surface area contributed by atoms with Crippen molar-refractivity contribution in [3.05, 3.63) is 29.3 Å². The molecule has 0 aliphatic carbocycles. The Labute approximate surface area is 97.4 Å². The van der Waals surface area contributed by atoms with Gasteiger partial charge in [-0.1, -0.05) is 6.07 Å². The van der Waals surface area contributed by atoms with Crippen molar-refractivity contribution in [2.45, 2.75) is 13.0 Å². The van der Waals surface area contributed by atoms with E-state index in [0.717, 1.165) is 38.4 Å². The van der Waals surface area contributed by atoms with Gasteiger partial charge in [0.15, 0.2) is 0 Å². The predicted molar refractivity (Wildman–Crippen MR) is 65.9 cm³/mol. The van der Waals surface area contributed by atoms with E-state index < -0.39 is 0 Å². The summed E-state index contributed by atoms with van der Waals surface area (Å²) in [6.45, 7) is 3.77. The number of nitrogens with zero attached hydrogens (tertiary/aromatic N) is 1. The van der Waals surface area contributed by atoms with E-state index in [1.54, 1.807) is 0 Å². The highest BCUT2D eigenvalue weighted by molar-refractivity contribution is 5.37. The Morgan fingerprint density at radius 3 is 3.00 bits per heavy atom. The molecule has 0 radical (unpaired) electrons. The molecule has 3 nitrogen and oxygen atoms in total. The van der Waals surface area contributed by atoms with E-state index in [0.29, 0.717) is 0 Å². The zero-order chi connectivity index (χ0) is 11.4. The summed E-state index contributed by atoms with van der Waals surface area (Å²) < 4.78 is 5.71. The van der Waals surface area contributed by atoms with Crippen LogP contribution >= 0.6 is 0 Å². The molecule has 1 N–H and O–H groups in total. The van der Waals surface area contributed by atoms with Gasteiger partial charge in [0.2, 0.25) is 0 Å². The monoisotopic (exact) mass is 220 g/mol. The van der Waals surface area contributed by atoms with E-state index in [1.165, 1.54) is 11.1 Å². The van der Waals surface area contributed by atoms with Crippen molar-refractivity contribution in [1.29, 1.82) is 0 Å². The highest BCUT2D eigenvalue weighted by Crippen LogP contribution is 2.20. The molecule has 0 saturated carbocycles. The molecule has 1 heterocycles. The molecular weight excluding hydrogens is 200 g/mol. The van der Waals surface area contributed by atoms with Crippen molar-refractivity contribution in [3.8, 4) is 5.75 Å². The number of nitrogens with one attached hydrogen (secondary N) is 1. The standard InChI is InChI=1S/C13H20N2O/c1-15(2)7-8-16-13-4-3-11-5-6-14-10-12(11)9-13/h3-4,9,14H,5-8,10H2,1-2H3.